The van der Waals surface area contributed by atoms with Crippen LogP contribution in [-0.4, -0.2) is 47.0 Å². The van der Waals surface area contributed by atoms with Crippen LogP contribution in [0.1, 0.15) is 16.1 Å². The Balaban J connectivity index is 1.29. The van der Waals surface area contributed by atoms with Gasteiger partial charge in [-0.05, 0) is 49.2 Å². The van der Waals surface area contributed by atoms with E-state index < -0.39 is 0 Å². The summed E-state index contributed by atoms with van der Waals surface area (Å²) in [5, 5.41) is 6.93. The van der Waals surface area contributed by atoms with Gasteiger partial charge < -0.3 is 10.2 Å². The molecule has 0 bridgehead atoms. The van der Waals surface area contributed by atoms with E-state index in [1.807, 2.05) is 47.4 Å². The van der Waals surface area contributed by atoms with Gasteiger partial charge in [-0.15, -0.1) is 11.3 Å². The summed E-state index contributed by atoms with van der Waals surface area (Å²) in [6.07, 6.45) is 0. The molecule has 156 valence electrons. The zero-order valence-electron chi connectivity index (χ0n) is 17.2. The fourth-order valence-electron chi connectivity index (χ4n) is 3.46. The second-order valence-corrected chi connectivity index (χ2v) is 9.00. The minimum absolute atomic E-state index is 0.0304. The first-order valence-electron chi connectivity index (χ1n) is 10.0. The third kappa shape index (κ3) is 5.01. The van der Waals surface area contributed by atoms with Gasteiger partial charge in [0, 0.05) is 47.8 Å². The van der Waals surface area contributed by atoms with Crippen molar-refractivity contribution in [3.8, 4) is 11.3 Å². The molecule has 1 aliphatic heterocycles. The molecule has 0 atom stereocenters. The lowest BCUT2D eigenvalue weighted by molar-refractivity contribution is 0.143. The van der Waals surface area contributed by atoms with Crippen LogP contribution in [0.4, 0.5) is 10.5 Å². The Kier molecular flexibility index (Phi) is 6.37. The van der Waals surface area contributed by atoms with Gasteiger partial charge >= 0.3 is 6.03 Å². The van der Waals surface area contributed by atoms with Gasteiger partial charge in [-0.25, -0.2) is 9.78 Å². The molecule has 0 saturated carbocycles. The van der Waals surface area contributed by atoms with Crippen molar-refractivity contribution in [3.05, 3.63) is 69.0 Å². The highest BCUT2D eigenvalue weighted by molar-refractivity contribution is 7.09. The highest BCUT2D eigenvalue weighted by atomic mass is 35.5. The fraction of sp³-hybridized carbons (Fsp3) is 0.304. The second-order valence-electron chi connectivity index (χ2n) is 7.63. The molecule has 0 unspecified atom stereocenters. The number of thiazole rings is 1. The van der Waals surface area contributed by atoms with Crippen LogP contribution in [0.15, 0.2) is 47.8 Å². The third-order valence-corrected chi connectivity index (χ3v) is 6.55. The van der Waals surface area contributed by atoms with Crippen molar-refractivity contribution in [1.29, 1.82) is 0 Å². The van der Waals surface area contributed by atoms with E-state index in [4.69, 9.17) is 16.6 Å². The Bertz CT molecular complexity index is 1030. The number of carbonyl (C=O) groups is 1. The molecule has 3 aromatic rings. The van der Waals surface area contributed by atoms with Crippen LogP contribution in [0, 0.1) is 13.8 Å². The number of anilines is 1. The summed E-state index contributed by atoms with van der Waals surface area (Å²) in [4.78, 5) is 21.6. The first-order chi connectivity index (χ1) is 14.5. The van der Waals surface area contributed by atoms with E-state index >= 15 is 0 Å². The highest BCUT2D eigenvalue weighted by Gasteiger charge is 2.22. The molecule has 5 nitrogen and oxygen atoms in total. The minimum Gasteiger partial charge on any atom is -0.322 e. The highest BCUT2D eigenvalue weighted by Crippen LogP contribution is 2.24. The van der Waals surface area contributed by atoms with Gasteiger partial charge in [0.15, 0.2) is 0 Å². The van der Waals surface area contributed by atoms with Gasteiger partial charge in [0.25, 0.3) is 0 Å². The molecule has 2 aromatic carbocycles. The maximum absolute atomic E-state index is 12.6. The number of aryl methyl sites for hydroxylation is 2. The normalized spacial score (nSPS) is 14.7. The number of rotatable bonds is 4. The number of benzene rings is 2. The first-order valence-corrected chi connectivity index (χ1v) is 11.3. The number of halogens is 1. The first kappa shape index (κ1) is 20.8. The molecule has 2 amide bonds. The van der Waals surface area contributed by atoms with Gasteiger partial charge in [0.05, 0.1) is 12.2 Å². The van der Waals surface area contributed by atoms with Gasteiger partial charge in [0.2, 0.25) is 0 Å². The van der Waals surface area contributed by atoms with E-state index in [1.165, 1.54) is 11.1 Å². The SMILES string of the molecule is Cc1ccc(NC(=O)N2CCN(Cc3nc(-c4ccc(Cl)cc4)cs3)CC2)cc1C. The standard InChI is InChI=1S/C23H25ClN4OS/c1-16-3-8-20(13-17(16)2)25-23(29)28-11-9-27(10-12-28)14-22-26-21(15-30-22)18-4-6-19(24)7-5-18/h3-8,13,15H,9-12,14H2,1-2H3,(H,25,29). The number of nitrogens with zero attached hydrogens (tertiary/aromatic N) is 3. The summed E-state index contributed by atoms with van der Waals surface area (Å²) in [5.41, 5.74) is 5.32. The number of aromatic nitrogens is 1. The zero-order valence-corrected chi connectivity index (χ0v) is 18.8. The van der Waals surface area contributed by atoms with E-state index in [2.05, 4.69) is 29.4 Å². The van der Waals surface area contributed by atoms with Crippen molar-refractivity contribution in [1.82, 2.24) is 14.8 Å². The molecule has 0 aliphatic carbocycles. The van der Waals surface area contributed by atoms with Gasteiger partial charge in [-0.1, -0.05) is 29.8 Å². The van der Waals surface area contributed by atoms with Crippen LogP contribution in [0.2, 0.25) is 5.02 Å². The minimum atomic E-state index is -0.0304. The molecule has 1 aliphatic rings. The van der Waals surface area contributed by atoms with Crippen molar-refractivity contribution in [2.75, 3.05) is 31.5 Å². The predicted molar refractivity (Wildman–Crippen MR) is 124 cm³/mol. The van der Waals surface area contributed by atoms with Crippen LogP contribution in [0.3, 0.4) is 0 Å². The molecule has 7 heteroatoms. The van der Waals surface area contributed by atoms with Gasteiger partial charge in [-0.2, -0.15) is 0 Å². The fourth-order valence-corrected chi connectivity index (χ4v) is 4.43. The Labute approximate surface area is 186 Å². The summed E-state index contributed by atoms with van der Waals surface area (Å²) < 4.78 is 0. The van der Waals surface area contributed by atoms with Crippen LogP contribution >= 0.6 is 22.9 Å². The maximum atomic E-state index is 12.6. The lowest BCUT2D eigenvalue weighted by Crippen LogP contribution is -2.49. The molecule has 1 N–H and O–H groups in total. The van der Waals surface area contributed by atoms with Crippen LogP contribution in [0.25, 0.3) is 11.3 Å². The monoisotopic (exact) mass is 440 g/mol. The largest absolute Gasteiger partial charge is 0.322 e. The lowest BCUT2D eigenvalue weighted by Gasteiger charge is -2.34. The number of piperazine rings is 1. The Morgan fingerprint density at radius 2 is 1.80 bits per heavy atom. The van der Waals surface area contributed by atoms with Crippen molar-refractivity contribution < 1.29 is 4.79 Å². The average molecular weight is 441 g/mol. The summed E-state index contributed by atoms with van der Waals surface area (Å²) in [5.74, 6) is 0. The summed E-state index contributed by atoms with van der Waals surface area (Å²) in [7, 11) is 0. The Hall–Kier alpha value is -2.41. The molecule has 1 aromatic heterocycles. The predicted octanol–water partition coefficient (Wildman–Crippen LogP) is 5.43. The van der Waals surface area contributed by atoms with Crippen LogP contribution in [-0.2, 0) is 6.54 Å². The van der Waals surface area contributed by atoms with Crippen molar-refractivity contribution >= 4 is 34.7 Å². The lowest BCUT2D eigenvalue weighted by atomic mass is 10.1. The van der Waals surface area contributed by atoms with Gasteiger partial charge in [0.1, 0.15) is 5.01 Å². The molecule has 1 fully saturated rings. The zero-order chi connectivity index (χ0) is 21.1. The smallest absolute Gasteiger partial charge is 0.321 e. The molecule has 0 spiro atoms. The molecular formula is C23H25ClN4OS. The molecular weight excluding hydrogens is 416 g/mol. The molecule has 1 saturated heterocycles. The number of hydrogen-bond donors (Lipinski definition) is 1. The van der Waals surface area contributed by atoms with Crippen molar-refractivity contribution in [2.45, 2.75) is 20.4 Å². The molecule has 0 radical (unpaired) electrons. The van der Waals surface area contributed by atoms with Gasteiger partial charge in [-0.3, -0.25) is 4.90 Å². The summed E-state index contributed by atoms with van der Waals surface area (Å²) >= 11 is 7.64. The van der Waals surface area contributed by atoms with E-state index in [1.54, 1.807) is 11.3 Å². The number of carbonyl (C=O) groups excluding carboxylic acids is 1. The van der Waals surface area contributed by atoms with Crippen molar-refractivity contribution in [3.63, 3.8) is 0 Å². The number of amides is 2. The molecule has 2 heterocycles. The second kappa shape index (κ2) is 9.16. The Morgan fingerprint density at radius 3 is 2.50 bits per heavy atom. The van der Waals surface area contributed by atoms with Crippen LogP contribution in [0.5, 0.6) is 0 Å². The van der Waals surface area contributed by atoms with Crippen molar-refractivity contribution in [2.24, 2.45) is 0 Å². The van der Waals surface area contributed by atoms with E-state index in [0.29, 0.717) is 13.1 Å². The number of urea groups is 1. The van der Waals surface area contributed by atoms with Crippen LogP contribution < -0.4 is 5.32 Å². The van der Waals surface area contributed by atoms with E-state index in [-0.39, 0.29) is 6.03 Å². The third-order valence-electron chi connectivity index (χ3n) is 5.47. The van der Waals surface area contributed by atoms with E-state index in [0.717, 1.165) is 46.6 Å². The quantitative estimate of drug-likeness (QED) is 0.588. The van der Waals surface area contributed by atoms with E-state index in [9.17, 15) is 4.79 Å². The number of hydrogen-bond acceptors (Lipinski definition) is 4. The molecule has 4 rings (SSSR count). The average Bonchev–Trinajstić information content (AvgIpc) is 3.20. The summed E-state index contributed by atoms with van der Waals surface area (Å²) in [6.45, 7) is 8.05. The topological polar surface area (TPSA) is 48.5 Å². The number of nitrogens with one attached hydrogen (secondary N) is 1. The molecule has 30 heavy (non-hydrogen) atoms. The Morgan fingerprint density at radius 1 is 1.07 bits per heavy atom. The summed E-state index contributed by atoms with van der Waals surface area (Å²) in [6, 6.07) is 13.7. The maximum Gasteiger partial charge on any atom is 0.321 e.